The van der Waals surface area contributed by atoms with E-state index in [-0.39, 0.29) is 25.5 Å². The second-order valence-corrected chi connectivity index (χ2v) is 11.5. The van der Waals surface area contributed by atoms with Gasteiger partial charge in [-0.1, -0.05) is 81.5 Å². The van der Waals surface area contributed by atoms with Crippen molar-refractivity contribution in [1.82, 2.24) is 10.2 Å². The Labute approximate surface area is 236 Å². The van der Waals surface area contributed by atoms with E-state index in [9.17, 15) is 14.4 Å². The van der Waals surface area contributed by atoms with Crippen molar-refractivity contribution in [2.75, 3.05) is 27.4 Å². The largest absolute Gasteiger partial charge is 0.467 e. The number of ether oxygens (including phenoxy) is 3. The van der Waals surface area contributed by atoms with Gasteiger partial charge in [-0.25, -0.2) is 9.59 Å². The van der Waals surface area contributed by atoms with Crippen LogP contribution in [0.4, 0.5) is 4.79 Å². The van der Waals surface area contributed by atoms with E-state index in [1.807, 2.05) is 57.2 Å². The summed E-state index contributed by atoms with van der Waals surface area (Å²) in [4.78, 5) is 41.2. The molecule has 2 aromatic rings. The molecule has 1 N–H and O–H groups in total. The fourth-order valence-electron chi connectivity index (χ4n) is 5.50. The molecule has 0 radical (unpaired) electrons. The number of esters is 1. The minimum absolute atomic E-state index is 0.129. The number of carbonyl (C=O) groups excluding carboxylic acids is 3. The van der Waals surface area contributed by atoms with Gasteiger partial charge in [-0.15, -0.1) is 0 Å². The average Bonchev–Trinajstić information content (AvgIpc) is 3.35. The van der Waals surface area contributed by atoms with E-state index in [2.05, 4.69) is 29.6 Å². The molecule has 0 aliphatic carbocycles. The highest BCUT2D eigenvalue weighted by atomic mass is 16.5. The summed E-state index contributed by atoms with van der Waals surface area (Å²) in [6.45, 7) is 5.97. The Morgan fingerprint density at radius 1 is 1.05 bits per heavy atom. The molecule has 2 amide bonds. The van der Waals surface area contributed by atoms with Crippen molar-refractivity contribution in [2.45, 2.75) is 64.1 Å². The minimum atomic E-state index is -0.934. The van der Waals surface area contributed by atoms with Gasteiger partial charge in [0.25, 0.3) is 0 Å². The molecule has 0 spiro atoms. The smallest absolute Gasteiger partial charge is 0.407 e. The van der Waals surface area contributed by atoms with Gasteiger partial charge in [0.05, 0.1) is 20.3 Å². The lowest BCUT2D eigenvalue weighted by molar-refractivity contribution is -0.152. The molecule has 8 nitrogen and oxygen atoms in total. The number of nitrogens with one attached hydrogen (secondary N) is 1. The van der Waals surface area contributed by atoms with Crippen LogP contribution in [-0.2, 0) is 29.4 Å². The Hall–Kier alpha value is -3.65. The molecule has 2 aromatic carbocycles. The molecule has 3 atom stereocenters. The van der Waals surface area contributed by atoms with Gasteiger partial charge in [0.15, 0.2) is 0 Å². The number of nitrogens with zero attached hydrogens (tertiary/aromatic N) is 1. The number of hydrogen-bond acceptors (Lipinski definition) is 6. The molecular formula is C32H40N2O6. The zero-order chi connectivity index (χ0) is 28.9. The molecular weight excluding hydrogens is 508 g/mol. The fourth-order valence-corrected chi connectivity index (χ4v) is 5.50. The van der Waals surface area contributed by atoms with Gasteiger partial charge in [0.2, 0.25) is 5.91 Å². The molecule has 8 heteroatoms. The molecule has 1 fully saturated rings. The van der Waals surface area contributed by atoms with E-state index < -0.39 is 35.2 Å². The molecule has 0 aromatic heterocycles. The zero-order valence-electron chi connectivity index (χ0n) is 24.1. The van der Waals surface area contributed by atoms with E-state index >= 15 is 0 Å². The molecule has 3 heterocycles. The number of benzene rings is 2. The number of fused-ring (bicyclic) bond motifs is 11. The topological polar surface area (TPSA) is 94.2 Å². The Morgan fingerprint density at radius 2 is 1.77 bits per heavy atom. The maximum atomic E-state index is 14.0. The van der Waals surface area contributed by atoms with Gasteiger partial charge in [-0.3, -0.25) is 4.79 Å². The van der Waals surface area contributed by atoms with Crippen molar-refractivity contribution in [3.05, 3.63) is 65.7 Å². The second kappa shape index (κ2) is 12.3. The van der Waals surface area contributed by atoms with Gasteiger partial charge in [0.1, 0.15) is 17.7 Å². The van der Waals surface area contributed by atoms with Gasteiger partial charge < -0.3 is 24.4 Å². The van der Waals surface area contributed by atoms with E-state index in [0.29, 0.717) is 6.42 Å². The summed E-state index contributed by atoms with van der Waals surface area (Å²) in [6, 6.07) is 14.5. The number of hydrogen-bond donors (Lipinski definition) is 1. The van der Waals surface area contributed by atoms with Crippen LogP contribution in [0, 0.1) is 5.41 Å². The van der Waals surface area contributed by atoms with E-state index in [1.165, 1.54) is 12.0 Å². The number of allylic oxidation sites excluding steroid dienone is 1. The maximum absolute atomic E-state index is 14.0. The van der Waals surface area contributed by atoms with E-state index in [1.54, 1.807) is 7.11 Å². The third kappa shape index (κ3) is 6.22. The van der Waals surface area contributed by atoms with E-state index in [4.69, 9.17) is 14.2 Å². The van der Waals surface area contributed by atoms with Crippen LogP contribution in [0.2, 0.25) is 0 Å². The van der Waals surface area contributed by atoms with Crippen molar-refractivity contribution >= 4 is 24.0 Å². The average molecular weight is 549 g/mol. The summed E-state index contributed by atoms with van der Waals surface area (Å²) in [7, 11) is 2.90. The first-order valence-corrected chi connectivity index (χ1v) is 13.8. The van der Waals surface area contributed by atoms with E-state index in [0.717, 1.165) is 35.1 Å². The summed E-state index contributed by atoms with van der Waals surface area (Å²) in [6.07, 6.45) is 6.23. The van der Waals surface area contributed by atoms with Crippen LogP contribution < -0.4 is 5.32 Å². The third-order valence-electron chi connectivity index (χ3n) is 7.83. The molecule has 0 saturated carbocycles. The van der Waals surface area contributed by atoms with Crippen molar-refractivity contribution < 1.29 is 28.6 Å². The number of rotatable bonds is 2. The highest BCUT2D eigenvalue weighted by Crippen LogP contribution is 2.41. The summed E-state index contributed by atoms with van der Waals surface area (Å²) in [5.74, 6) is -0.915. The maximum Gasteiger partial charge on any atom is 0.407 e. The van der Waals surface area contributed by atoms with Crippen molar-refractivity contribution in [1.29, 1.82) is 0 Å². The first kappa shape index (κ1) is 29.3. The third-order valence-corrected chi connectivity index (χ3v) is 7.83. The minimum Gasteiger partial charge on any atom is -0.467 e. The standard InChI is InChI=1S/C32H40N2O6/c1-31(2,3)27-28(35)34-21-32(39-5,20-26(34)29(36)38-4)24-17-15-23(16-18-24)25-14-10-9-13-22(25)12-8-6-7-11-19-40-30(37)33-27/h8-10,12-18,26-27H,6-7,11,19-21H2,1-5H3,(H,33,37)/b12-8+/t26-,27+,32-/m0/s1. The molecule has 40 heavy (non-hydrogen) atoms. The van der Waals surface area contributed by atoms with Gasteiger partial charge >= 0.3 is 12.1 Å². The van der Waals surface area contributed by atoms with Crippen molar-refractivity contribution in [3.8, 4) is 11.1 Å². The predicted octanol–water partition coefficient (Wildman–Crippen LogP) is 5.31. The lowest BCUT2D eigenvalue weighted by Gasteiger charge is -2.35. The summed E-state index contributed by atoms with van der Waals surface area (Å²) in [5, 5.41) is 2.77. The van der Waals surface area contributed by atoms with Crippen LogP contribution in [0.15, 0.2) is 54.6 Å². The molecule has 5 rings (SSSR count). The first-order valence-electron chi connectivity index (χ1n) is 13.8. The first-order chi connectivity index (χ1) is 19.1. The SMILES string of the molecule is COC(=O)[C@@H]1C[C@]2(OC)CN1C(=O)[C@H](C(C)(C)C)NC(=O)OCCCC/C=C/c1ccccc1-c1ccc2cc1. The Morgan fingerprint density at radius 3 is 2.45 bits per heavy atom. The highest BCUT2D eigenvalue weighted by Gasteiger charge is 2.53. The lowest BCUT2D eigenvalue weighted by atomic mass is 9.85. The number of carbonyl (C=O) groups is 3. The molecule has 1 saturated heterocycles. The Kier molecular flexibility index (Phi) is 8.98. The van der Waals surface area contributed by atoms with Crippen LogP contribution in [0.25, 0.3) is 17.2 Å². The second-order valence-electron chi connectivity index (χ2n) is 11.5. The summed E-state index contributed by atoms with van der Waals surface area (Å²) in [5.41, 5.74) is 2.55. The summed E-state index contributed by atoms with van der Waals surface area (Å²) >= 11 is 0. The van der Waals surface area contributed by atoms with Crippen LogP contribution in [0.1, 0.15) is 57.6 Å². The number of amides is 2. The fraction of sp³-hybridized carbons (Fsp3) is 0.469. The van der Waals surface area contributed by atoms with Crippen molar-refractivity contribution in [2.24, 2.45) is 5.41 Å². The number of alkyl carbamates (subject to hydrolysis) is 1. The monoisotopic (exact) mass is 548 g/mol. The van der Waals surface area contributed by atoms with Crippen LogP contribution in [0.3, 0.4) is 0 Å². The Bertz CT molecular complexity index is 1250. The predicted molar refractivity (Wildman–Crippen MR) is 153 cm³/mol. The molecule has 3 aliphatic heterocycles. The molecule has 0 unspecified atom stereocenters. The quantitative estimate of drug-likeness (QED) is 0.512. The summed E-state index contributed by atoms with van der Waals surface area (Å²) < 4.78 is 16.6. The van der Waals surface area contributed by atoms with Crippen LogP contribution in [-0.4, -0.2) is 62.3 Å². The Balaban J connectivity index is 1.78. The van der Waals surface area contributed by atoms with Crippen LogP contribution >= 0.6 is 0 Å². The normalized spacial score (nSPS) is 25.0. The molecule has 4 bridgehead atoms. The van der Waals surface area contributed by atoms with Gasteiger partial charge in [0, 0.05) is 13.5 Å². The molecule has 214 valence electrons. The lowest BCUT2D eigenvalue weighted by Crippen LogP contribution is -2.57. The van der Waals surface area contributed by atoms with Crippen LogP contribution in [0.5, 0.6) is 0 Å². The molecule has 3 aliphatic rings. The zero-order valence-corrected chi connectivity index (χ0v) is 24.1. The highest BCUT2D eigenvalue weighted by molar-refractivity contribution is 5.91. The van der Waals surface area contributed by atoms with Gasteiger partial charge in [-0.05, 0) is 46.9 Å². The van der Waals surface area contributed by atoms with Crippen molar-refractivity contribution in [3.63, 3.8) is 0 Å². The number of methoxy groups -OCH3 is 2. The van der Waals surface area contributed by atoms with Gasteiger partial charge in [-0.2, -0.15) is 0 Å².